The summed E-state index contributed by atoms with van der Waals surface area (Å²) >= 11 is 0. The van der Waals surface area contributed by atoms with E-state index in [0.29, 0.717) is 0 Å². The second kappa shape index (κ2) is 5.85. The molecule has 0 fully saturated rings. The monoisotopic (exact) mass is 313 g/mol. The molecule has 4 rings (SSSR count). The third-order valence-electron chi connectivity index (χ3n) is 4.22. The molecule has 3 nitrogen and oxygen atoms in total. The van der Waals surface area contributed by atoms with Gasteiger partial charge >= 0.3 is 0 Å². The van der Waals surface area contributed by atoms with Crippen LogP contribution in [-0.4, -0.2) is 23.6 Å². The zero-order valence-electron chi connectivity index (χ0n) is 13.8. The molecule has 0 aliphatic heterocycles. The molecule has 0 atom stereocenters. The number of fused-ring (bicyclic) bond motifs is 1. The molecule has 0 saturated carbocycles. The Morgan fingerprint density at radius 2 is 1.42 bits per heavy atom. The first-order valence-electron chi connectivity index (χ1n) is 8.05. The van der Waals surface area contributed by atoms with Crippen LogP contribution in [0.5, 0.6) is 0 Å². The normalized spacial score (nSPS) is 10.9. The molecular formula is C21H19N3. The molecule has 1 aromatic heterocycles. The molecule has 118 valence electrons. The van der Waals surface area contributed by atoms with Gasteiger partial charge in [0.05, 0.1) is 11.0 Å². The lowest BCUT2D eigenvalue weighted by atomic mass is 10.2. The summed E-state index contributed by atoms with van der Waals surface area (Å²) in [6, 6.07) is 27.2. The van der Waals surface area contributed by atoms with E-state index in [-0.39, 0.29) is 0 Å². The molecule has 0 amide bonds. The molecule has 0 saturated heterocycles. The Kier molecular flexibility index (Phi) is 3.54. The van der Waals surface area contributed by atoms with Gasteiger partial charge in [0.2, 0.25) is 0 Å². The van der Waals surface area contributed by atoms with E-state index in [4.69, 9.17) is 4.98 Å². The standard InChI is InChI=1S/C21H19N3/c1-23(2)17-12-14-18(15-13-17)24-20-11-7-6-10-19(20)22-21(24)16-8-4-3-5-9-16/h3-15H,1-2H3. The van der Waals surface area contributed by atoms with Gasteiger partial charge in [0.1, 0.15) is 5.82 Å². The summed E-state index contributed by atoms with van der Waals surface area (Å²) in [5, 5.41) is 0. The van der Waals surface area contributed by atoms with Gasteiger partial charge in [0, 0.05) is 31.0 Å². The van der Waals surface area contributed by atoms with E-state index in [1.54, 1.807) is 0 Å². The fourth-order valence-electron chi connectivity index (χ4n) is 2.97. The Labute approximate surface area is 141 Å². The lowest BCUT2D eigenvalue weighted by Crippen LogP contribution is -2.08. The topological polar surface area (TPSA) is 21.1 Å². The molecule has 0 spiro atoms. The van der Waals surface area contributed by atoms with Gasteiger partial charge in [-0.25, -0.2) is 4.98 Å². The van der Waals surface area contributed by atoms with Crippen molar-refractivity contribution in [1.29, 1.82) is 0 Å². The number of hydrogen-bond donors (Lipinski definition) is 0. The van der Waals surface area contributed by atoms with Crippen LogP contribution in [0.3, 0.4) is 0 Å². The third-order valence-corrected chi connectivity index (χ3v) is 4.22. The maximum absolute atomic E-state index is 4.87. The van der Waals surface area contributed by atoms with Crippen LogP contribution in [0.25, 0.3) is 28.1 Å². The van der Waals surface area contributed by atoms with Gasteiger partial charge in [-0.2, -0.15) is 0 Å². The number of nitrogens with zero attached hydrogens (tertiary/aromatic N) is 3. The molecule has 0 N–H and O–H groups in total. The summed E-state index contributed by atoms with van der Waals surface area (Å²) in [6.07, 6.45) is 0. The van der Waals surface area contributed by atoms with Crippen molar-refractivity contribution in [2.75, 3.05) is 19.0 Å². The fourth-order valence-corrected chi connectivity index (χ4v) is 2.97. The highest BCUT2D eigenvalue weighted by atomic mass is 15.1. The maximum atomic E-state index is 4.87. The van der Waals surface area contributed by atoms with Crippen LogP contribution in [0.2, 0.25) is 0 Å². The van der Waals surface area contributed by atoms with Gasteiger partial charge in [0.15, 0.2) is 0 Å². The zero-order chi connectivity index (χ0) is 16.5. The highest BCUT2D eigenvalue weighted by molar-refractivity contribution is 5.83. The highest BCUT2D eigenvalue weighted by Gasteiger charge is 2.13. The van der Waals surface area contributed by atoms with Crippen molar-refractivity contribution in [3.8, 4) is 17.1 Å². The van der Waals surface area contributed by atoms with E-state index in [1.165, 1.54) is 5.69 Å². The first kappa shape index (κ1) is 14.5. The van der Waals surface area contributed by atoms with Crippen molar-refractivity contribution in [3.63, 3.8) is 0 Å². The van der Waals surface area contributed by atoms with Crippen LogP contribution in [0, 0.1) is 0 Å². The Hall–Kier alpha value is -3.07. The second-order valence-electron chi connectivity index (χ2n) is 6.04. The Morgan fingerprint density at radius 1 is 0.750 bits per heavy atom. The van der Waals surface area contributed by atoms with Crippen LogP contribution in [-0.2, 0) is 0 Å². The van der Waals surface area contributed by atoms with Gasteiger partial charge in [-0.1, -0.05) is 42.5 Å². The fraction of sp³-hybridized carbons (Fsp3) is 0.0952. The number of para-hydroxylation sites is 2. The van der Waals surface area contributed by atoms with E-state index in [2.05, 4.69) is 78.2 Å². The van der Waals surface area contributed by atoms with E-state index in [9.17, 15) is 0 Å². The number of hydrogen-bond acceptors (Lipinski definition) is 2. The Morgan fingerprint density at radius 3 is 2.12 bits per heavy atom. The molecule has 1 heterocycles. The predicted molar refractivity (Wildman–Crippen MR) is 101 cm³/mol. The van der Waals surface area contributed by atoms with E-state index in [0.717, 1.165) is 28.1 Å². The van der Waals surface area contributed by atoms with Crippen LogP contribution in [0.4, 0.5) is 5.69 Å². The van der Waals surface area contributed by atoms with Crippen molar-refractivity contribution in [2.45, 2.75) is 0 Å². The van der Waals surface area contributed by atoms with Gasteiger partial charge in [0.25, 0.3) is 0 Å². The van der Waals surface area contributed by atoms with E-state index >= 15 is 0 Å². The molecule has 0 bridgehead atoms. The number of aromatic nitrogens is 2. The minimum atomic E-state index is 0.967. The minimum absolute atomic E-state index is 0.967. The molecule has 3 aromatic carbocycles. The number of imidazole rings is 1. The smallest absolute Gasteiger partial charge is 0.145 e. The van der Waals surface area contributed by atoms with Crippen LogP contribution >= 0.6 is 0 Å². The first-order chi connectivity index (χ1) is 11.7. The molecule has 0 aliphatic carbocycles. The zero-order valence-corrected chi connectivity index (χ0v) is 13.8. The lowest BCUT2D eigenvalue weighted by molar-refractivity contribution is 1.09. The second-order valence-corrected chi connectivity index (χ2v) is 6.04. The van der Waals surface area contributed by atoms with E-state index < -0.39 is 0 Å². The van der Waals surface area contributed by atoms with Gasteiger partial charge in [-0.3, -0.25) is 4.57 Å². The number of benzene rings is 3. The van der Waals surface area contributed by atoms with Gasteiger partial charge < -0.3 is 4.90 Å². The minimum Gasteiger partial charge on any atom is -0.378 e. The van der Waals surface area contributed by atoms with Crippen molar-refractivity contribution < 1.29 is 0 Å². The molecule has 3 heteroatoms. The van der Waals surface area contributed by atoms with Crippen molar-refractivity contribution in [3.05, 3.63) is 78.9 Å². The van der Waals surface area contributed by atoms with Gasteiger partial charge in [-0.05, 0) is 36.4 Å². The summed E-state index contributed by atoms with van der Waals surface area (Å²) in [5.41, 5.74) is 5.55. The van der Waals surface area contributed by atoms with Crippen molar-refractivity contribution in [1.82, 2.24) is 9.55 Å². The first-order valence-corrected chi connectivity index (χ1v) is 8.05. The third kappa shape index (κ3) is 2.44. The summed E-state index contributed by atoms with van der Waals surface area (Å²) in [4.78, 5) is 6.97. The Balaban J connectivity index is 1.96. The lowest BCUT2D eigenvalue weighted by Gasteiger charge is -2.14. The molecule has 0 radical (unpaired) electrons. The summed E-state index contributed by atoms with van der Waals surface area (Å²) in [5.74, 6) is 0.967. The molecule has 0 aliphatic rings. The van der Waals surface area contributed by atoms with Crippen LogP contribution in [0.1, 0.15) is 0 Å². The SMILES string of the molecule is CN(C)c1ccc(-n2c(-c3ccccc3)nc3ccccc32)cc1. The van der Waals surface area contributed by atoms with Crippen molar-refractivity contribution >= 4 is 16.7 Å². The molecule has 24 heavy (non-hydrogen) atoms. The van der Waals surface area contributed by atoms with E-state index in [1.807, 2.05) is 24.3 Å². The van der Waals surface area contributed by atoms with Crippen molar-refractivity contribution in [2.24, 2.45) is 0 Å². The molecule has 4 aromatic rings. The Bertz CT molecular complexity index is 967. The maximum Gasteiger partial charge on any atom is 0.145 e. The molecule has 0 unspecified atom stereocenters. The summed E-state index contributed by atoms with van der Waals surface area (Å²) in [7, 11) is 4.11. The largest absolute Gasteiger partial charge is 0.378 e. The molecular weight excluding hydrogens is 294 g/mol. The highest BCUT2D eigenvalue weighted by Crippen LogP contribution is 2.29. The average Bonchev–Trinajstić information content (AvgIpc) is 3.02. The number of rotatable bonds is 3. The van der Waals surface area contributed by atoms with Crippen LogP contribution < -0.4 is 4.90 Å². The summed E-state index contributed by atoms with van der Waals surface area (Å²) < 4.78 is 2.23. The van der Waals surface area contributed by atoms with Crippen LogP contribution in [0.15, 0.2) is 78.9 Å². The van der Waals surface area contributed by atoms with Gasteiger partial charge in [-0.15, -0.1) is 0 Å². The average molecular weight is 313 g/mol. The summed E-state index contributed by atoms with van der Waals surface area (Å²) in [6.45, 7) is 0. The predicted octanol–water partition coefficient (Wildman–Crippen LogP) is 4.76. The number of anilines is 1. The quantitative estimate of drug-likeness (QED) is 0.544.